The van der Waals surface area contributed by atoms with Crippen molar-refractivity contribution in [1.29, 1.82) is 0 Å². The maximum atomic E-state index is 13.9. The molecule has 0 radical (unpaired) electrons. The molecule has 1 aromatic rings. The molecule has 0 unspecified atom stereocenters. The van der Waals surface area contributed by atoms with Crippen molar-refractivity contribution in [3.63, 3.8) is 0 Å². The molecule has 2 aliphatic carbocycles. The summed E-state index contributed by atoms with van der Waals surface area (Å²) in [6.45, 7) is 2.26. The first-order valence-corrected chi connectivity index (χ1v) is 10.6. The molecule has 2 fully saturated rings. The van der Waals surface area contributed by atoms with Crippen molar-refractivity contribution in [2.24, 2.45) is 17.8 Å². The van der Waals surface area contributed by atoms with E-state index in [2.05, 4.69) is 6.92 Å². The van der Waals surface area contributed by atoms with Crippen LogP contribution in [0.2, 0.25) is 0 Å². The maximum absolute atomic E-state index is 13.9. The largest absolute Gasteiger partial charge is 0.340 e. The summed E-state index contributed by atoms with van der Waals surface area (Å²) in [6.07, 6.45) is 13.5. The molecule has 0 saturated heterocycles. The van der Waals surface area contributed by atoms with Gasteiger partial charge in [0.1, 0.15) is 0 Å². The van der Waals surface area contributed by atoms with Crippen molar-refractivity contribution in [1.82, 2.24) is 0 Å². The molecule has 0 bridgehead atoms. The van der Waals surface area contributed by atoms with Gasteiger partial charge in [-0.1, -0.05) is 39.0 Å². The van der Waals surface area contributed by atoms with Crippen LogP contribution in [0.3, 0.4) is 0 Å². The molecule has 0 N–H and O–H groups in total. The van der Waals surface area contributed by atoms with E-state index in [1.807, 2.05) is 0 Å². The van der Waals surface area contributed by atoms with Gasteiger partial charge in [0, 0.05) is 0 Å². The van der Waals surface area contributed by atoms with Gasteiger partial charge in [0.05, 0.1) is 4.92 Å². The van der Waals surface area contributed by atoms with Gasteiger partial charge >= 0.3 is 5.69 Å². The predicted octanol–water partition coefficient (Wildman–Crippen LogP) is 7.14. The fourth-order valence-corrected chi connectivity index (χ4v) is 5.36. The van der Waals surface area contributed by atoms with Gasteiger partial charge in [-0.2, -0.15) is 8.78 Å². The number of rotatable bonds is 6. The van der Waals surface area contributed by atoms with Crippen molar-refractivity contribution in [2.45, 2.75) is 83.5 Å². The Labute approximate surface area is 160 Å². The first kappa shape index (κ1) is 20.2. The van der Waals surface area contributed by atoms with Gasteiger partial charge in [-0.3, -0.25) is 10.1 Å². The summed E-state index contributed by atoms with van der Waals surface area (Å²) >= 11 is 0. The zero-order chi connectivity index (χ0) is 19.4. The number of halogens is 2. The molecule has 0 aromatic heterocycles. The van der Waals surface area contributed by atoms with Crippen LogP contribution in [0, 0.1) is 39.5 Å². The number of benzene rings is 1. The van der Waals surface area contributed by atoms with Gasteiger partial charge < -0.3 is 0 Å². The van der Waals surface area contributed by atoms with Crippen LogP contribution in [0.15, 0.2) is 12.1 Å². The Kier molecular flexibility index (Phi) is 6.83. The highest BCUT2D eigenvalue weighted by Gasteiger charge is 2.32. The summed E-state index contributed by atoms with van der Waals surface area (Å²) in [5, 5.41) is 10.8. The van der Waals surface area contributed by atoms with Crippen molar-refractivity contribution < 1.29 is 13.7 Å². The van der Waals surface area contributed by atoms with E-state index in [1.54, 1.807) is 0 Å². The molecule has 150 valence electrons. The molecule has 5 heteroatoms. The summed E-state index contributed by atoms with van der Waals surface area (Å²) in [4.78, 5) is 9.77. The summed E-state index contributed by atoms with van der Waals surface area (Å²) in [5.74, 6) is 0.482. The lowest BCUT2D eigenvalue weighted by Crippen LogP contribution is -2.25. The quantitative estimate of drug-likeness (QED) is 0.389. The SMILES string of the molecule is CCCCC1CCC(C2CCC(c3cc(F)c([N+](=O)[O-])c(F)c3)CC2)CC1. The van der Waals surface area contributed by atoms with Crippen molar-refractivity contribution in [2.75, 3.05) is 0 Å². The van der Waals surface area contributed by atoms with Gasteiger partial charge in [0.2, 0.25) is 11.6 Å². The van der Waals surface area contributed by atoms with Gasteiger partial charge in [0.25, 0.3) is 0 Å². The first-order valence-electron chi connectivity index (χ1n) is 10.6. The number of nitro groups is 1. The number of hydrogen-bond donors (Lipinski definition) is 0. The Bertz CT molecular complexity index is 625. The number of unbranched alkanes of at least 4 members (excludes halogenated alkanes) is 1. The molecule has 0 amide bonds. The van der Waals surface area contributed by atoms with E-state index in [0.717, 1.165) is 43.4 Å². The lowest BCUT2D eigenvalue weighted by molar-refractivity contribution is -0.390. The van der Waals surface area contributed by atoms with Crippen molar-refractivity contribution in [3.8, 4) is 0 Å². The molecule has 2 aliphatic rings. The molecule has 27 heavy (non-hydrogen) atoms. The Morgan fingerprint density at radius 1 is 0.963 bits per heavy atom. The van der Waals surface area contributed by atoms with Gasteiger partial charge in [-0.15, -0.1) is 0 Å². The van der Waals surface area contributed by atoms with Crippen molar-refractivity contribution >= 4 is 5.69 Å². The second kappa shape index (κ2) is 9.11. The minimum atomic E-state index is -1.05. The minimum Gasteiger partial charge on any atom is -0.258 e. The highest BCUT2D eigenvalue weighted by molar-refractivity contribution is 5.38. The molecule has 2 saturated carbocycles. The van der Waals surface area contributed by atoms with Gasteiger partial charge in [-0.05, 0) is 79.9 Å². The van der Waals surface area contributed by atoms with E-state index < -0.39 is 22.2 Å². The van der Waals surface area contributed by atoms with Crippen LogP contribution in [0.4, 0.5) is 14.5 Å². The second-order valence-electron chi connectivity index (χ2n) is 8.63. The lowest BCUT2D eigenvalue weighted by atomic mass is 9.68. The molecular weight excluding hydrogens is 348 g/mol. The first-order chi connectivity index (χ1) is 13.0. The summed E-state index contributed by atoms with van der Waals surface area (Å²) in [5.41, 5.74) is -0.454. The van der Waals surface area contributed by atoms with E-state index in [-0.39, 0.29) is 5.92 Å². The van der Waals surface area contributed by atoms with Crippen LogP contribution >= 0.6 is 0 Å². The third-order valence-electron chi connectivity index (χ3n) is 6.99. The molecule has 0 atom stereocenters. The predicted molar refractivity (Wildman–Crippen MR) is 103 cm³/mol. The number of nitrogens with zero attached hydrogens (tertiary/aromatic N) is 1. The van der Waals surface area contributed by atoms with Gasteiger partial charge in [-0.25, -0.2) is 0 Å². The molecule has 0 heterocycles. The topological polar surface area (TPSA) is 43.1 Å². The Balaban J connectivity index is 1.53. The highest BCUT2D eigenvalue weighted by Crippen LogP contribution is 2.45. The van der Waals surface area contributed by atoms with Crippen LogP contribution in [0.25, 0.3) is 0 Å². The highest BCUT2D eigenvalue weighted by atomic mass is 19.1. The van der Waals surface area contributed by atoms with E-state index in [9.17, 15) is 18.9 Å². The van der Waals surface area contributed by atoms with Crippen LogP contribution < -0.4 is 0 Å². The fourth-order valence-electron chi connectivity index (χ4n) is 5.36. The summed E-state index contributed by atoms with van der Waals surface area (Å²) in [7, 11) is 0. The van der Waals surface area contributed by atoms with Crippen LogP contribution in [-0.4, -0.2) is 4.92 Å². The molecular formula is C22H31F2NO2. The van der Waals surface area contributed by atoms with Crippen LogP contribution in [0.1, 0.15) is 89.0 Å². The lowest BCUT2D eigenvalue weighted by Gasteiger charge is -2.38. The third kappa shape index (κ3) is 4.85. The Hall–Kier alpha value is -1.52. The van der Waals surface area contributed by atoms with Gasteiger partial charge in [0.15, 0.2) is 0 Å². The Morgan fingerprint density at radius 3 is 1.96 bits per heavy atom. The van der Waals surface area contributed by atoms with Crippen molar-refractivity contribution in [3.05, 3.63) is 39.4 Å². The molecule has 3 nitrogen and oxygen atoms in total. The van der Waals surface area contributed by atoms with E-state index >= 15 is 0 Å². The average molecular weight is 379 g/mol. The Morgan fingerprint density at radius 2 is 1.48 bits per heavy atom. The average Bonchev–Trinajstić information content (AvgIpc) is 2.66. The maximum Gasteiger partial charge on any atom is 0.340 e. The van der Waals surface area contributed by atoms with E-state index in [4.69, 9.17) is 0 Å². The van der Waals surface area contributed by atoms with E-state index in [0.29, 0.717) is 5.56 Å². The zero-order valence-corrected chi connectivity index (χ0v) is 16.3. The summed E-state index contributed by atoms with van der Waals surface area (Å²) in [6, 6.07) is 2.34. The monoisotopic (exact) mass is 379 g/mol. The zero-order valence-electron chi connectivity index (χ0n) is 16.3. The summed E-state index contributed by atoms with van der Waals surface area (Å²) < 4.78 is 27.9. The molecule has 0 aliphatic heterocycles. The minimum absolute atomic E-state index is 0.118. The number of hydrogen-bond acceptors (Lipinski definition) is 2. The third-order valence-corrected chi connectivity index (χ3v) is 6.99. The van der Waals surface area contributed by atoms with Crippen LogP contribution in [0.5, 0.6) is 0 Å². The van der Waals surface area contributed by atoms with E-state index in [1.165, 1.54) is 57.1 Å². The second-order valence-corrected chi connectivity index (χ2v) is 8.63. The molecule has 0 spiro atoms. The molecule has 1 aromatic carbocycles. The normalized spacial score (nSPS) is 28.9. The fraction of sp³-hybridized carbons (Fsp3) is 0.727. The molecule has 3 rings (SSSR count). The smallest absolute Gasteiger partial charge is 0.258 e. The standard InChI is InChI=1S/C22H31F2NO2/c1-2-3-4-15-5-7-16(8-6-15)17-9-11-18(12-10-17)19-13-20(23)22(25(26)27)21(24)14-19/h13-18H,2-12H2,1H3. The van der Waals surface area contributed by atoms with Crippen LogP contribution in [-0.2, 0) is 0 Å². The number of nitro benzene ring substituents is 1.